The number of hydrogen-bond donors (Lipinski definition) is 1. The van der Waals surface area contributed by atoms with Crippen LogP contribution in [0.2, 0.25) is 0 Å². The summed E-state index contributed by atoms with van der Waals surface area (Å²) in [5, 5.41) is 3.00. The van der Waals surface area contributed by atoms with E-state index < -0.39 is 5.97 Å². The van der Waals surface area contributed by atoms with E-state index in [0.717, 1.165) is 17.7 Å². The van der Waals surface area contributed by atoms with Crippen molar-refractivity contribution in [3.63, 3.8) is 0 Å². The van der Waals surface area contributed by atoms with Gasteiger partial charge in [-0.05, 0) is 37.3 Å². The van der Waals surface area contributed by atoms with Crippen molar-refractivity contribution in [2.75, 3.05) is 6.61 Å². The lowest BCUT2D eigenvalue weighted by molar-refractivity contribution is -0.125. The fourth-order valence-electron chi connectivity index (χ4n) is 2.78. The van der Waals surface area contributed by atoms with Crippen molar-refractivity contribution in [2.24, 2.45) is 11.8 Å². The normalized spacial score (nSPS) is 25.4. The van der Waals surface area contributed by atoms with E-state index in [-0.39, 0.29) is 18.6 Å². The highest BCUT2D eigenvalue weighted by Gasteiger charge is 2.28. The molecule has 116 valence electrons. The minimum absolute atomic E-state index is 0.198. The lowest BCUT2D eigenvalue weighted by Gasteiger charge is -2.34. The minimum atomic E-state index is -0.423. The SMILES string of the molecule is Cc1ccc(C(=O)OCC(=O)N[C@@H]2CCC[C@@H](C)[C@H]2C)s1. The lowest BCUT2D eigenvalue weighted by Crippen LogP contribution is -2.45. The Kier molecular flexibility index (Phi) is 5.39. The van der Waals surface area contributed by atoms with Gasteiger partial charge < -0.3 is 10.1 Å². The molecule has 2 rings (SSSR count). The molecule has 0 spiro atoms. The van der Waals surface area contributed by atoms with E-state index in [4.69, 9.17) is 4.74 Å². The van der Waals surface area contributed by atoms with E-state index in [2.05, 4.69) is 19.2 Å². The van der Waals surface area contributed by atoms with Gasteiger partial charge in [-0.25, -0.2) is 4.79 Å². The van der Waals surface area contributed by atoms with Crippen molar-refractivity contribution in [3.8, 4) is 0 Å². The summed E-state index contributed by atoms with van der Waals surface area (Å²) in [6.45, 7) is 6.13. The Balaban J connectivity index is 1.78. The number of thiophene rings is 1. The van der Waals surface area contributed by atoms with Crippen molar-refractivity contribution in [1.29, 1.82) is 0 Å². The summed E-state index contributed by atoms with van der Waals surface area (Å²) >= 11 is 1.38. The lowest BCUT2D eigenvalue weighted by atomic mass is 9.78. The molecule has 1 N–H and O–H groups in total. The average molecular weight is 309 g/mol. The number of carbonyl (C=O) groups excluding carboxylic acids is 2. The third kappa shape index (κ3) is 4.30. The summed E-state index contributed by atoms with van der Waals surface area (Å²) in [5.74, 6) is 0.468. The van der Waals surface area contributed by atoms with E-state index in [9.17, 15) is 9.59 Å². The summed E-state index contributed by atoms with van der Waals surface area (Å²) in [7, 11) is 0. The van der Waals surface area contributed by atoms with E-state index in [1.54, 1.807) is 6.07 Å². The van der Waals surface area contributed by atoms with Crippen LogP contribution in [0.15, 0.2) is 12.1 Å². The number of amides is 1. The number of ether oxygens (including phenoxy) is 1. The molecular weight excluding hydrogens is 286 g/mol. The Morgan fingerprint density at radius 3 is 2.76 bits per heavy atom. The zero-order valence-electron chi connectivity index (χ0n) is 12.8. The first-order chi connectivity index (χ1) is 9.97. The molecule has 0 bridgehead atoms. The number of nitrogens with one attached hydrogen (secondary N) is 1. The van der Waals surface area contributed by atoms with Crippen LogP contribution in [0.4, 0.5) is 0 Å². The molecule has 21 heavy (non-hydrogen) atoms. The Labute approximate surface area is 129 Å². The highest BCUT2D eigenvalue weighted by Crippen LogP contribution is 2.29. The van der Waals surface area contributed by atoms with Crippen LogP contribution in [0.5, 0.6) is 0 Å². The largest absolute Gasteiger partial charge is 0.451 e. The van der Waals surface area contributed by atoms with Crippen molar-refractivity contribution in [3.05, 3.63) is 21.9 Å². The van der Waals surface area contributed by atoms with E-state index in [1.165, 1.54) is 17.8 Å². The van der Waals surface area contributed by atoms with E-state index in [0.29, 0.717) is 16.7 Å². The zero-order valence-corrected chi connectivity index (χ0v) is 13.7. The summed E-state index contributed by atoms with van der Waals surface area (Å²) in [6.07, 6.45) is 3.38. The molecule has 5 heteroatoms. The quantitative estimate of drug-likeness (QED) is 0.869. The summed E-state index contributed by atoms with van der Waals surface area (Å²) in [4.78, 5) is 25.3. The fraction of sp³-hybridized carbons (Fsp3) is 0.625. The topological polar surface area (TPSA) is 55.4 Å². The highest BCUT2D eigenvalue weighted by molar-refractivity contribution is 7.13. The molecule has 1 aromatic rings. The maximum Gasteiger partial charge on any atom is 0.348 e. The number of esters is 1. The molecule has 0 unspecified atom stereocenters. The van der Waals surface area contributed by atoms with Gasteiger partial charge in [0.05, 0.1) is 0 Å². The first-order valence-corrected chi connectivity index (χ1v) is 8.32. The predicted molar refractivity (Wildman–Crippen MR) is 83.4 cm³/mol. The van der Waals surface area contributed by atoms with Crippen LogP contribution in [-0.4, -0.2) is 24.5 Å². The summed E-state index contributed by atoms with van der Waals surface area (Å²) in [5.41, 5.74) is 0. The van der Waals surface area contributed by atoms with Gasteiger partial charge >= 0.3 is 5.97 Å². The van der Waals surface area contributed by atoms with E-state index >= 15 is 0 Å². The molecule has 3 atom stereocenters. The summed E-state index contributed by atoms with van der Waals surface area (Å²) in [6, 6.07) is 3.79. The Morgan fingerprint density at radius 1 is 1.33 bits per heavy atom. The Bertz CT molecular complexity index is 511. The molecule has 1 amide bonds. The van der Waals surface area contributed by atoms with Crippen LogP contribution >= 0.6 is 11.3 Å². The molecular formula is C16H23NO3S. The van der Waals surface area contributed by atoms with Crippen LogP contribution in [0.25, 0.3) is 0 Å². The van der Waals surface area contributed by atoms with Crippen molar-refractivity contribution < 1.29 is 14.3 Å². The first-order valence-electron chi connectivity index (χ1n) is 7.50. The van der Waals surface area contributed by atoms with Gasteiger partial charge in [0.15, 0.2) is 6.61 Å². The minimum Gasteiger partial charge on any atom is -0.451 e. The zero-order chi connectivity index (χ0) is 15.4. The van der Waals surface area contributed by atoms with Gasteiger partial charge in [0.1, 0.15) is 4.88 Å². The number of aryl methyl sites for hydroxylation is 1. The number of carbonyl (C=O) groups is 2. The van der Waals surface area contributed by atoms with Gasteiger partial charge in [-0.2, -0.15) is 0 Å². The molecule has 0 saturated heterocycles. The molecule has 1 aliphatic carbocycles. The van der Waals surface area contributed by atoms with Gasteiger partial charge in [-0.15, -0.1) is 11.3 Å². The molecule has 0 radical (unpaired) electrons. The van der Waals surface area contributed by atoms with Gasteiger partial charge in [0.2, 0.25) is 0 Å². The van der Waals surface area contributed by atoms with Crippen molar-refractivity contribution >= 4 is 23.2 Å². The average Bonchev–Trinajstić information content (AvgIpc) is 2.88. The van der Waals surface area contributed by atoms with E-state index in [1.807, 2.05) is 13.0 Å². The van der Waals surface area contributed by atoms with Gasteiger partial charge in [-0.3, -0.25) is 4.79 Å². The maximum absolute atomic E-state index is 11.9. The number of hydrogen-bond acceptors (Lipinski definition) is 4. The molecule has 0 aliphatic heterocycles. The Morgan fingerprint density at radius 2 is 2.10 bits per heavy atom. The van der Waals surface area contributed by atoms with Gasteiger partial charge in [0, 0.05) is 10.9 Å². The standard InChI is InChI=1S/C16H23NO3S/c1-10-5-4-6-13(12(10)3)17-15(18)9-20-16(19)14-8-7-11(2)21-14/h7-8,10,12-13H,4-6,9H2,1-3H3,(H,17,18)/t10-,12-,13-/m1/s1. The van der Waals surface area contributed by atoms with Crippen LogP contribution in [-0.2, 0) is 9.53 Å². The van der Waals surface area contributed by atoms with Crippen LogP contribution in [0, 0.1) is 18.8 Å². The Hall–Kier alpha value is -1.36. The second-order valence-corrected chi connectivity index (χ2v) is 7.22. The maximum atomic E-state index is 11.9. The predicted octanol–water partition coefficient (Wildman–Crippen LogP) is 3.15. The molecule has 4 nitrogen and oxygen atoms in total. The monoisotopic (exact) mass is 309 g/mol. The highest BCUT2D eigenvalue weighted by atomic mass is 32.1. The van der Waals surface area contributed by atoms with Crippen LogP contribution in [0.3, 0.4) is 0 Å². The molecule has 1 aliphatic rings. The smallest absolute Gasteiger partial charge is 0.348 e. The van der Waals surface area contributed by atoms with Crippen molar-refractivity contribution in [2.45, 2.75) is 46.1 Å². The third-order valence-corrected chi connectivity index (χ3v) is 5.31. The van der Waals surface area contributed by atoms with Crippen LogP contribution < -0.4 is 5.32 Å². The van der Waals surface area contributed by atoms with Gasteiger partial charge in [0.25, 0.3) is 5.91 Å². The van der Waals surface area contributed by atoms with Gasteiger partial charge in [-0.1, -0.05) is 26.7 Å². The molecule has 1 heterocycles. The second-order valence-electron chi connectivity index (χ2n) is 5.93. The fourth-order valence-corrected chi connectivity index (χ4v) is 3.54. The summed E-state index contributed by atoms with van der Waals surface area (Å²) < 4.78 is 5.07. The number of rotatable bonds is 4. The molecule has 1 fully saturated rings. The molecule has 1 saturated carbocycles. The van der Waals surface area contributed by atoms with Crippen molar-refractivity contribution in [1.82, 2.24) is 5.32 Å². The second kappa shape index (κ2) is 7.07. The molecule has 0 aromatic carbocycles. The molecule has 1 aromatic heterocycles. The third-order valence-electron chi connectivity index (χ3n) is 4.33. The first kappa shape index (κ1) is 16.0. The van der Waals surface area contributed by atoms with Crippen LogP contribution in [0.1, 0.15) is 47.7 Å².